The molecule has 0 atom stereocenters. The number of aromatic nitrogens is 4. The van der Waals surface area contributed by atoms with Crippen molar-refractivity contribution >= 4 is 11.0 Å². The first kappa shape index (κ1) is 13.5. The maximum atomic E-state index is 12.3. The highest BCUT2D eigenvalue weighted by molar-refractivity contribution is 5.76. The lowest BCUT2D eigenvalue weighted by Crippen LogP contribution is -2.21. The van der Waals surface area contributed by atoms with Gasteiger partial charge in [0.2, 0.25) is 0 Å². The van der Waals surface area contributed by atoms with E-state index < -0.39 is 0 Å². The number of fused-ring (bicyclic) bond motifs is 1. The third-order valence-corrected chi connectivity index (χ3v) is 3.90. The van der Waals surface area contributed by atoms with Gasteiger partial charge in [-0.2, -0.15) is 0 Å². The summed E-state index contributed by atoms with van der Waals surface area (Å²) < 4.78 is 3.45. The molecule has 2 aromatic carbocycles. The average molecular weight is 302 g/mol. The summed E-state index contributed by atoms with van der Waals surface area (Å²) in [6, 6.07) is 20.7. The monoisotopic (exact) mass is 302 g/mol. The molecule has 0 saturated heterocycles. The Labute approximate surface area is 132 Å². The summed E-state index contributed by atoms with van der Waals surface area (Å²) in [4.78, 5) is 12.3. The van der Waals surface area contributed by atoms with Gasteiger partial charge in [0.05, 0.1) is 11.2 Å². The van der Waals surface area contributed by atoms with Crippen LogP contribution in [0.15, 0.2) is 71.5 Å². The van der Waals surface area contributed by atoms with Crippen molar-refractivity contribution < 1.29 is 0 Å². The minimum Gasteiger partial charge on any atom is -0.279 e. The SMILES string of the molecule is Cc1c(-n2nnc3ccccc32)ccc(=O)n1-c1ccccc1. The summed E-state index contributed by atoms with van der Waals surface area (Å²) in [7, 11) is 0. The molecule has 4 aromatic rings. The van der Waals surface area contributed by atoms with Crippen molar-refractivity contribution in [3.8, 4) is 11.4 Å². The van der Waals surface area contributed by atoms with Crippen molar-refractivity contribution in [1.29, 1.82) is 0 Å². The molecule has 2 heterocycles. The van der Waals surface area contributed by atoms with Gasteiger partial charge in [0.15, 0.2) is 0 Å². The van der Waals surface area contributed by atoms with Crippen LogP contribution in [0.2, 0.25) is 0 Å². The summed E-state index contributed by atoms with van der Waals surface area (Å²) in [5.41, 5.74) is 4.16. The summed E-state index contributed by atoms with van der Waals surface area (Å²) in [5, 5.41) is 8.43. The lowest BCUT2D eigenvalue weighted by atomic mass is 10.2. The Morgan fingerprint density at radius 1 is 0.870 bits per heavy atom. The van der Waals surface area contributed by atoms with E-state index in [2.05, 4.69) is 10.3 Å². The van der Waals surface area contributed by atoms with Gasteiger partial charge in [-0.05, 0) is 37.3 Å². The molecule has 0 aliphatic heterocycles. The fourth-order valence-corrected chi connectivity index (χ4v) is 2.79. The molecular formula is C18H14N4O. The minimum atomic E-state index is -0.0677. The zero-order valence-corrected chi connectivity index (χ0v) is 12.5. The molecule has 0 fully saturated rings. The largest absolute Gasteiger partial charge is 0.279 e. The second-order valence-corrected chi connectivity index (χ2v) is 5.30. The van der Waals surface area contributed by atoms with Gasteiger partial charge in [-0.3, -0.25) is 9.36 Å². The van der Waals surface area contributed by atoms with Crippen molar-refractivity contribution in [2.75, 3.05) is 0 Å². The Morgan fingerprint density at radius 2 is 1.61 bits per heavy atom. The summed E-state index contributed by atoms with van der Waals surface area (Å²) >= 11 is 0. The standard InChI is InChI=1S/C18H14N4O/c1-13-16(22-17-10-6-5-9-15(17)19-20-22)11-12-18(23)21(13)14-7-3-2-4-8-14/h2-12H,1H3. The highest BCUT2D eigenvalue weighted by atomic mass is 16.1. The van der Waals surface area contributed by atoms with E-state index in [0.29, 0.717) is 0 Å². The number of hydrogen-bond acceptors (Lipinski definition) is 3. The number of benzene rings is 2. The van der Waals surface area contributed by atoms with Gasteiger partial charge in [0, 0.05) is 17.4 Å². The molecule has 4 rings (SSSR count). The molecular weight excluding hydrogens is 288 g/mol. The lowest BCUT2D eigenvalue weighted by molar-refractivity contribution is 0.795. The Bertz CT molecular complexity index is 1050. The van der Waals surface area contributed by atoms with Crippen molar-refractivity contribution in [3.63, 3.8) is 0 Å². The molecule has 5 heteroatoms. The summed E-state index contributed by atoms with van der Waals surface area (Å²) in [5.74, 6) is 0. The summed E-state index contributed by atoms with van der Waals surface area (Å²) in [6.45, 7) is 1.92. The number of hydrogen-bond donors (Lipinski definition) is 0. The van der Waals surface area contributed by atoms with Crippen LogP contribution in [0.25, 0.3) is 22.4 Å². The molecule has 0 amide bonds. The van der Waals surface area contributed by atoms with Gasteiger partial charge in [-0.25, -0.2) is 4.68 Å². The number of para-hydroxylation sites is 2. The first-order chi connectivity index (χ1) is 11.3. The molecule has 0 N–H and O–H groups in total. The molecule has 5 nitrogen and oxygen atoms in total. The number of nitrogens with zero attached hydrogens (tertiary/aromatic N) is 4. The topological polar surface area (TPSA) is 52.7 Å². The normalized spacial score (nSPS) is 11.0. The van der Waals surface area contributed by atoms with Gasteiger partial charge in [0.1, 0.15) is 5.52 Å². The minimum absolute atomic E-state index is 0.0677. The van der Waals surface area contributed by atoms with E-state index in [0.717, 1.165) is 28.1 Å². The molecule has 0 aliphatic carbocycles. The third kappa shape index (κ3) is 2.14. The maximum Gasteiger partial charge on any atom is 0.255 e. The van der Waals surface area contributed by atoms with Crippen LogP contribution in [0.3, 0.4) is 0 Å². The Balaban J connectivity index is 2.00. The Hall–Kier alpha value is -3.21. The quantitative estimate of drug-likeness (QED) is 0.572. The fraction of sp³-hybridized carbons (Fsp3) is 0.0556. The van der Waals surface area contributed by atoms with Crippen LogP contribution in [-0.4, -0.2) is 19.6 Å². The molecule has 0 unspecified atom stereocenters. The van der Waals surface area contributed by atoms with Gasteiger partial charge >= 0.3 is 0 Å². The first-order valence-corrected chi connectivity index (χ1v) is 7.34. The second kappa shape index (κ2) is 5.21. The number of pyridine rings is 1. The van der Waals surface area contributed by atoms with Gasteiger partial charge in [0.25, 0.3) is 5.56 Å². The van der Waals surface area contributed by atoms with Crippen molar-refractivity contribution in [2.24, 2.45) is 0 Å². The van der Waals surface area contributed by atoms with Crippen LogP contribution in [0, 0.1) is 6.92 Å². The van der Waals surface area contributed by atoms with Gasteiger partial charge < -0.3 is 0 Å². The Kier molecular flexibility index (Phi) is 3.05. The molecule has 2 aromatic heterocycles. The zero-order valence-electron chi connectivity index (χ0n) is 12.5. The fourth-order valence-electron chi connectivity index (χ4n) is 2.79. The predicted octanol–water partition coefficient (Wildman–Crippen LogP) is 2.88. The zero-order chi connectivity index (χ0) is 15.8. The van der Waals surface area contributed by atoms with Crippen LogP contribution >= 0.6 is 0 Å². The van der Waals surface area contributed by atoms with Crippen LogP contribution in [0.1, 0.15) is 5.69 Å². The molecule has 0 radical (unpaired) electrons. The van der Waals surface area contributed by atoms with E-state index >= 15 is 0 Å². The van der Waals surface area contributed by atoms with Crippen molar-refractivity contribution in [2.45, 2.75) is 6.92 Å². The predicted molar refractivity (Wildman–Crippen MR) is 89.2 cm³/mol. The molecule has 0 saturated carbocycles. The lowest BCUT2D eigenvalue weighted by Gasteiger charge is -2.14. The highest BCUT2D eigenvalue weighted by Crippen LogP contribution is 2.19. The van der Waals surface area contributed by atoms with E-state index in [4.69, 9.17) is 0 Å². The molecule has 0 spiro atoms. The van der Waals surface area contributed by atoms with E-state index in [-0.39, 0.29) is 5.56 Å². The number of rotatable bonds is 2. The van der Waals surface area contributed by atoms with Crippen LogP contribution in [-0.2, 0) is 0 Å². The summed E-state index contributed by atoms with van der Waals surface area (Å²) in [6.07, 6.45) is 0. The highest BCUT2D eigenvalue weighted by Gasteiger charge is 2.12. The maximum absolute atomic E-state index is 12.3. The van der Waals surface area contributed by atoms with Crippen LogP contribution in [0.4, 0.5) is 0 Å². The van der Waals surface area contributed by atoms with E-state index in [1.807, 2.05) is 61.5 Å². The van der Waals surface area contributed by atoms with E-state index in [1.165, 1.54) is 0 Å². The van der Waals surface area contributed by atoms with Crippen LogP contribution in [0.5, 0.6) is 0 Å². The van der Waals surface area contributed by atoms with Gasteiger partial charge in [-0.1, -0.05) is 35.5 Å². The molecule has 0 bridgehead atoms. The molecule has 0 aliphatic rings. The van der Waals surface area contributed by atoms with Gasteiger partial charge in [-0.15, -0.1) is 5.10 Å². The molecule has 112 valence electrons. The van der Waals surface area contributed by atoms with E-state index in [9.17, 15) is 4.79 Å². The average Bonchev–Trinajstić information content (AvgIpc) is 3.00. The smallest absolute Gasteiger partial charge is 0.255 e. The second-order valence-electron chi connectivity index (χ2n) is 5.30. The van der Waals surface area contributed by atoms with E-state index in [1.54, 1.807) is 21.4 Å². The molecule has 23 heavy (non-hydrogen) atoms. The Morgan fingerprint density at radius 3 is 2.43 bits per heavy atom. The van der Waals surface area contributed by atoms with Crippen LogP contribution < -0.4 is 5.56 Å². The van der Waals surface area contributed by atoms with Crippen molar-refractivity contribution in [3.05, 3.63) is 82.8 Å². The van der Waals surface area contributed by atoms with Crippen molar-refractivity contribution in [1.82, 2.24) is 19.6 Å². The first-order valence-electron chi connectivity index (χ1n) is 7.34. The third-order valence-electron chi connectivity index (χ3n) is 3.90.